The molecule has 2 saturated carbocycles. The molecule has 0 spiro atoms. The molecule has 1 aliphatic heterocycles. The van der Waals surface area contributed by atoms with Gasteiger partial charge in [-0.3, -0.25) is 9.59 Å². The van der Waals surface area contributed by atoms with Gasteiger partial charge < -0.3 is 10.6 Å². The van der Waals surface area contributed by atoms with Crippen LogP contribution in [0.15, 0.2) is 23.0 Å². The van der Waals surface area contributed by atoms with Crippen LogP contribution < -0.4 is 10.6 Å². The smallest absolute Gasteiger partial charge is 0.355 e. The number of fused-ring (bicyclic) bond motifs is 1. The minimum atomic E-state index is -4.42. The van der Waals surface area contributed by atoms with Crippen LogP contribution in [-0.4, -0.2) is 55.4 Å². The average Bonchev–Trinajstić information content (AvgIpc) is 3.47. The van der Waals surface area contributed by atoms with Gasteiger partial charge in [0.2, 0.25) is 11.8 Å². The monoisotopic (exact) mass is 581 g/mol. The molecule has 1 saturated heterocycles. The minimum Gasteiger partial charge on any atom is -0.355 e. The van der Waals surface area contributed by atoms with Gasteiger partial charge in [-0.05, 0) is 55.3 Å². The first-order valence-corrected chi connectivity index (χ1v) is 13.7. The summed E-state index contributed by atoms with van der Waals surface area (Å²) in [5.74, 6) is -7.03. The predicted octanol–water partition coefficient (Wildman–Crippen LogP) is 4.14. The van der Waals surface area contributed by atoms with Gasteiger partial charge in [0.05, 0.1) is 29.5 Å². The van der Waals surface area contributed by atoms with E-state index in [1.54, 1.807) is 12.1 Å². The number of nitrogens with one attached hydrogen (secondary N) is 2. The first-order valence-electron chi connectivity index (χ1n) is 13.7. The van der Waals surface area contributed by atoms with Crippen molar-refractivity contribution in [3.8, 4) is 0 Å². The number of halogens is 5. The van der Waals surface area contributed by atoms with Crippen molar-refractivity contribution < 1.29 is 36.2 Å². The van der Waals surface area contributed by atoms with Crippen molar-refractivity contribution in [2.24, 2.45) is 17.8 Å². The molecule has 2 aliphatic carbocycles. The summed E-state index contributed by atoms with van der Waals surface area (Å²) in [5.41, 5.74) is 1.50. The topological polar surface area (TPSA) is 127 Å². The van der Waals surface area contributed by atoms with E-state index in [2.05, 4.69) is 31.0 Å². The number of carbonyl (C=O) groups excluding carboxylic acids is 2. The number of hydrogen-bond donors (Lipinski definition) is 2. The number of hydrogen-bond acceptors (Lipinski definition) is 7. The lowest BCUT2D eigenvalue weighted by atomic mass is 9.80. The summed E-state index contributed by atoms with van der Waals surface area (Å²) >= 11 is 0. The highest BCUT2D eigenvalue weighted by Crippen LogP contribution is 2.43. The molecule has 4 heterocycles. The van der Waals surface area contributed by atoms with E-state index >= 15 is 0 Å². The van der Waals surface area contributed by atoms with Crippen LogP contribution in [0.5, 0.6) is 0 Å². The quantitative estimate of drug-likeness (QED) is 0.402. The first kappa shape index (κ1) is 27.5. The van der Waals surface area contributed by atoms with Crippen molar-refractivity contribution in [3.63, 3.8) is 0 Å². The fourth-order valence-corrected chi connectivity index (χ4v) is 5.89. The fraction of sp³-hybridized carbons (Fsp3) is 0.615. The van der Waals surface area contributed by atoms with Crippen molar-refractivity contribution in [1.29, 1.82) is 0 Å². The molecule has 0 aromatic carbocycles. The van der Waals surface area contributed by atoms with Crippen molar-refractivity contribution >= 4 is 17.5 Å². The Bertz CT molecular complexity index is 1450. The molecular weight excluding hydrogens is 553 g/mol. The number of amides is 2. The van der Waals surface area contributed by atoms with Crippen molar-refractivity contribution in [2.45, 2.75) is 75.4 Å². The molecule has 2 unspecified atom stereocenters. The van der Waals surface area contributed by atoms with E-state index in [4.69, 9.17) is 4.63 Å². The van der Waals surface area contributed by atoms with Gasteiger partial charge in [-0.25, -0.2) is 22.9 Å². The van der Waals surface area contributed by atoms with Gasteiger partial charge >= 0.3 is 6.18 Å². The van der Waals surface area contributed by atoms with Gasteiger partial charge in [-0.2, -0.15) is 18.3 Å². The van der Waals surface area contributed by atoms with E-state index in [0.29, 0.717) is 29.1 Å². The summed E-state index contributed by atoms with van der Waals surface area (Å²) in [6.45, 7) is -0.448. The first-order chi connectivity index (χ1) is 19.5. The van der Waals surface area contributed by atoms with Crippen LogP contribution in [0.3, 0.4) is 0 Å². The molecule has 3 fully saturated rings. The van der Waals surface area contributed by atoms with E-state index < -0.39 is 60.7 Å². The van der Waals surface area contributed by atoms with Crippen molar-refractivity contribution in [3.05, 3.63) is 41.1 Å². The Hall–Kier alpha value is -3.65. The third kappa shape index (κ3) is 5.89. The second-order valence-corrected chi connectivity index (χ2v) is 11.3. The van der Waals surface area contributed by atoms with Crippen LogP contribution in [0.4, 0.5) is 22.0 Å². The Labute approximate surface area is 230 Å². The highest BCUT2D eigenvalue weighted by molar-refractivity contribution is 5.93. The lowest BCUT2D eigenvalue weighted by Gasteiger charge is -2.34. The maximum absolute atomic E-state index is 14.4. The number of alkyl halides is 5. The van der Waals surface area contributed by atoms with Crippen molar-refractivity contribution in [2.75, 3.05) is 6.54 Å². The molecule has 3 aliphatic rings. The summed E-state index contributed by atoms with van der Waals surface area (Å²) in [6.07, 6.45) is -1.50. The molecule has 41 heavy (non-hydrogen) atoms. The average molecular weight is 582 g/mol. The number of aromatic nitrogens is 5. The van der Waals surface area contributed by atoms with E-state index in [0.717, 1.165) is 12.8 Å². The SMILES string of the molecule is O=C(NC(c1cn2nc(CC3C[C@H](C(F)(F)F)CNC3=O)ccc2n1)[C@H]1CCCC(F)(F)C1)c1nonc1C1CC1. The number of carbonyl (C=O) groups is 2. The minimum absolute atomic E-state index is 0.0139. The molecule has 0 radical (unpaired) electrons. The molecule has 3 aromatic heterocycles. The highest BCUT2D eigenvalue weighted by Gasteiger charge is 2.45. The van der Waals surface area contributed by atoms with Crippen LogP contribution in [0.1, 0.15) is 84.5 Å². The Morgan fingerprint density at radius 1 is 1.22 bits per heavy atom. The Morgan fingerprint density at radius 2 is 2.02 bits per heavy atom. The molecular formula is C26H28F5N7O3. The zero-order valence-corrected chi connectivity index (χ0v) is 21.8. The molecule has 15 heteroatoms. The molecule has 2 N–H and O–H groups in total. The second kappa shape index (κ2) is 10.3. The number of piperidine rings is 1. The van der Waals surface area contributed by atoms with E-state index in [-0.39, 0.29) is 37.3 Å². The molecule has 4 atom stereocenters. The van der Waals surface area contributed by atoms with Gasteiger partial charge in [-0.15, -0.1) is 0 Å². The van der Waals surface area contributed by atoms with Gasteiger partial charge in [0.25, 0.3) is 5.91 Å². The van der Waals surface area contributed by atoms with Crippen molar-refractivity contribution in [1.82, 2.24) is 35.5 Å². The molecule has 2 amide bonds. The Balaban J connectivity index is 1.26. The zero-order chi connectivity index (χ0) is 28.9. The van der Waals surface area contributed by atoms with Gasteiger partial charge in [0.1, 0.15) is 5.69 Å². The predicted molar refractivity (Wildman–Crippen MR) is 131 cm³/mol. The summed E-state index contributed by atoms with van der Waals surface area (Å²) in [6, 6.07) is 2.27. The zero-order valence-electron chi connectivity index (χ0n) is 21.8. The number of imidazole rings is 1. The molecule has 220 valence electrons. The lowest BCUT2D eigenvalue weighted by Crippen LogP contribution is -2.47. The van der Waals surface area contributed by atoms with Gasteiger partial charge in [0.15, 0.2) is 11.3 Å². The number of nitrogens with zero attached hydrogens (tertiary/aromatic N) is 5. The van der Waals surface area contributed by atoms with Crippen LogP contribution in [-0.2, 0) is 11.2 Å². The maximum atomic E-state index is 14.4. The normalized spacial score (nSPS) is 25.6. The summed E-state index contributed by atoms with van der Waals surface area (Å²) in [7, 11) is 0. The highest BCUT2D eigenvalue weighted by atomic mass is 19.4. The van der Waals surface area contributed by atoms with E-state index in [1.807, 2.05) is 0 Å². The Kier molecular flexibility index (Phi) is 6.92. The molecule has 10 nitrogen and oxygen atoms in total. The van der Waals surface area contributed by atoms with Crippen LogP contribution in [0.2, 0.25) is 0 Å². The van der Waals surface area contributed by atoms with Crippen LogP contribution in [0.25, 0.3) is 5.65 Å². The van der Waals surface area contributed by atoms with Crippen LogP contribution >= 0.6 is 0 Å². The Morgan fingerprint density at radius 3 is 2.76 bits per heavy atom. The summed E-state index contributed by atoms with van der Waals surface area (Å²) < 4.78 is 74.8. The maximum Gasteiger partial charge on any atom is 0.393 e. The fourth-order valence-electron chi connectivity index (χ4n) is 5.89. The van der Waals surface area contributed by atoms with E-state index in [1.165, 1.54) is 10.7 Å². The van der Waals surface area contributed by atoms with Gasteiger partial charge in [-0.1, -0.05) is 5.16 Å². The summed E-state index contributed by atoms with van der Waals surface area (Å²) in [4.78, 5) is 30.1. The second-order valence-electron chi connectivity index (χ2n) is 11.3. The van der Waals surface area contributed by atoms with E-state index in [9.17, 15) is 31.5 Å². The van der Waals surface area contributed by atoms with Crippen LogP contribution in [0, 0.1) is 17.8 Å². The molecule has 3 aromatic rings. The largest absolute Gasteiger partial charge is 0.393 e. The number of rotatable bonds is 7. The standard InChI is InChI=1S/C26H28F5N7O3/c27-25(28)7-1-2-14(10-25)20(34-24(40)22-21(13-3-4-13)36-41-37-22)18-12-38-19(33-18)6-5-17(35-38)9-15-8-16(26(29,30)31)11-32-23(15)39/h5-6,12-16,20H,1-4,7-11H2,(H,32,39)(H,34,40)/t14-,15?,16-,20?/m0/s1. The molecule has 0 bridgehead atoms. The third-order valence-corrected chi connectivity index (χ3v) is 8.22. The molecule has 6 rings (SSSR count). The summed E-state index contributed by atoms with van der Waals surface area (Å²) in [5, 5.41) is 17.2. The lowest BCUT2D eigenvalue weighted by molar-refractivity contribution is -0.183. The third-order valence-electron chi connectivity index (χ3n) is 8.22. The van der Waals surface area contributed by atoms with Gasteiger partial charge in [0, 0.05) is 37.6 Å².